The van der Waals surface area contributed by atoms with Crippen LogP contribution in [0, 0.1) is 6.92 Å². The van der Waals surface area contributed by atoms with Gasteiger partial charge in [-0.25, -0.2) is 0 Å². The molecule has 0 radical (unpaired) electrons. The smallest absolute Gasteiger partial charge is 0.133 e. The summed E-state index contributed by atoms with van der Waals surface area (Å²) in [5.41, 5.74) is 1.16. The minimum atomic E-state index is -0.546. The van der Waals surface area contributed by atoms with Crippen molar-refractivity contribution in [3.05, 3.63) is 52.4 Å². The van der Waals surface area contributed by atoms with Crippen molar-refractivity contribution >= 4 is 15.9 Å². The zero-order chi connectivity index (χ0) is 15.1. The molecule has 0 saturated heterocycles. The van der Waals surface area contributed by atoms with E-state index in [9.17, 15) is 5.11 Å². The second-order valence-electron chi connectivity index (χ2n) is 4.93. The maximum atomic E-state index is 9.89. The fourth-order valence-corrected chi connectivity index (χ4v) is 2.51. The van der Waals surface area contributed by atoms with E-state index in [-0.39, 0.29) is 6.61 Å². The Morgan fingerprint density at radius 3 is 2.95 bits per heavy atom. The molecule has 2 rings (SSSR count). The van der Waals surface area contributed by atoms with E-state index in [4.69, 9.17) is 9.15 Å². The molecule has 0 fully saturated rings. The van der Waals surface area contributed by atoms with E-state index in [1.165, 1.54) is 0 Å². The van der Waals surface area contributed by atoms with Gasteiger partial charge in [-0.15, -0.1) is 0 Å². The molecule has 0 saturated carbocycles. The Morgan fingerprint density at radius 1 is 1.38 bits per heavy atom. The number of furan rings is 1. The Labute approximate surface area is 133 Å². The van der Waals surface area contributed by atoms with Crippen molar-refractivity contribution in [2.45, 2.75) is 19.4 Å². The van der Waals surface area contributed by atoms with Gasteiger partial charge in [0, 0.05) is 19.5 Å². The third-order valence-corrected chi connectivity index (χ3v) is 3.65. The predicted molar refractivity (Wildman–Crippen MR) is 85.7 cm³/mol. The topological polar surface area (TPSA) is 54.6 Å². The highest BCUT2D eigenvalue weighted by Gasteiger charge is 2.07. The molecule has 0 aliphatic carbocycles. The van der Waals surface area contributed by atoms with Gasteiger partial charge in [0.25, 0.3) is 0 Å². The van der Waals surface area contributed by atoms with E-state index in [0.717, 1.165) is 34.5 Å². The van der Waals surface area contributed by atoms with Crippen molar-refractivity contribution in [3.63, 3.8) is 0 Å². The van der Waals surface area contributed by atoms with Crippen molar-refractivity contribution < 1.29 is 14.3 Å². The van der Waals surface area contributed by atoms with Crippen molar-refractivity contribution in [2.24, 2.45) is 0 Å². The third-order valence-electron chi connectivity index (χ3n) is 3.03. The Balaban J connectivity index is 1.64. The van der Waals surface area contributed by atoms with E-state index < -0.39 is 6.10 Å². The summed E-state index contributed by atoms with van der Waals surface area (Å²) in [6, 6.07) is 9.68. The summed E-state index contributed by atoms with van der Waals surface area (Å²) >= 11 is 3.45. The maximum Gasteiger partial charge on any atom is 0.133 e. The molecule has 4 nitrogen and oxygen atoms in total. The summed E-state index contributed by atoms with van der Waals surface area (Å²) in [5.74, 6) is 1.69. The number of halogens is 1. The van der Waals surface area contributed by atoms with Crippen LogP contribution < -0.4 is 10.1 Å². The van der Waals surface area contributed by atoms with Gasteiger partial charge in [0.2, 0.25) is 0 Å². The Hall–Kier alpha value is -1.30. The predicted octanol–water partition coefficient (Wildman–Crippen LogP) is 2.92. The van der Waals surface area contributed by atoms with E-state index >= 15 is 0 Å². The van der Waals surface area contributed by atoms with Crippen LogP contribution >= 0.6 is 15.9 Å². The molecule has 0 aliphatic heterocycles. The van der Waals surface area contributed by atoms with Crippen molar-refractivity contribution in [2.75, 3.05) is 19.7 Å². The maximum absolute atomic E-state index is 9.89. The Kier molecular flexibility index (Phi) is 6.29. The second-order valence-corrected chi connectivity index (χ2v) is 5.79. The number of nitrogens with one attached hydrogen (secondary N) is 1. The number of rotatable bonds is 8. The average molecular weight is 354 g/mol. The van der Waals surface area contributed by atoms with Crippen LogP contribution in [0.4, 0.5) is 0 Å². The molecular weight excluding hydrogens is 334 g/mol. The van der Waals surface area contributed by atoms with Crippen LogP contribution in [-0.2, 0) is 6.42 Å². The lowest BCUT2D eigenvalue weighted by molar-refractivity contribution is 0.106. The SMILES string of the molecule is Cc1ccc(OCC(O)CNCCc2ccco2)c(Br)c1. The van der Waals surface area contributed by atoms with Gasteiger partial charge in [-0.05, 0) is 52.7 Å². The Bertz CT molecular complexity index is 542. The molecule has 21 heavy (non-hydrogen) atoms. The zero-order valence-corrected chi connectivity index (χ0v) is 13.6. The first-order chi connectivity index (χ1) is 10.1. The molecule has 1 unspecified atom stereocenters. The minimum absolute atomic E-state index is 0.259. The fraction of sp³-hybridized carbons (Fsp3) is 0.375. The lowest BCUT2D eigenvalue weighted by Gasteiger charge is -2.14. The van der Waals surface area contributed by atoms with Crippen LogP contribution in [0.25, 0.3) is 0 Å². The number of aryl methyl sites for hydroxylation is 1. The van der Waals surface area contributed by atoms with Gasteiger partial charge < -0.3 is 19.6 Å². The van der Waals surface area contributed by atoms with E-state index in [2.05, 4.69) is 21.2 Å². The highest BCUT2D eigenvalue weighted by Crippen LogP contribution is 2.25. The summed E-state index contributed by atoms with van der Waals surface area (Å²) in [6.45, 7) is 3.53. The summed E-state index contributed by atoms with van der Waals surface area (Å²) < 4.78 is 11.7. The second kappa shape index (κ2) is 8.22. The molecule has 0 amide bonds. The highest BCUT2D eigenvalue weighted by atomic mass is 79.9. The average Bonchev–Trinajstić information content (AvgIpc) is 2.96. The van der Waals surface area contributed by atoms with E-state index in [1.54, 1.807) is 6.26 Å². The standard InChI is InChI=1S/C16H20BrNO3/c1-12-4-5-16(15(17)9-12)21-11-13(19)10-18-7-6-14-3-2-8-20-14/h2-5,8-9,13,18-19H,6-7,10-11H2,1H3. The van der Waals surface area contributed by atoms with E-state index in [1.807, 2.05) is 37.3 Å². The molecule has 1 aromatic heterocycles. The van der Waals surface area contributed by atoms with Crippen LogP contribution in [0.15, 0.2) is 45.5 Å². The zero-order valence-electron chi connectivity index (χ0n) is 12.0. The Morgan fingerprint density at radius 2 is 2.24 bits per heavy atom. The van der Waals surface area contributed by atoms with Crippen molar-refractivity contribution in [1.29, 1.82) is 0 Å². The van der Waals surface area contributed by atoms with Crippen LogP contribution in [0.1, 0.15) is 11.3 Å². The molecule has 1 aromatic carbocycles. The first-order valence-corrected chi connectivity index (χ1v) is 7.74. The largest absolute Gasteiger partial charge is 0.490 e. The lowest BCUT2D eigenvalue weighted by Crippen LogP contribution is -2.32. The number of ether oxygens (including phenoxy) is 1. The number of aliphatic hydroxyl groups is 1. The van der Waals surface area contributed by atoms with Crippen LogP contribution in [0.3, 0.4) is 0 Å². The van der Waals surface area contributed by atoms with Gasteiger partial charge in [-0.2, -0.15) is 0 Å². The van der Waals surface area contributed by atoms with Crippen LogP contribution in [0.2, 0.25) is 0 Å². The summed E-state index contributed by atoms with van der Waals surface area (Å²) in [6.07, 6.45) is 1.93. The molecule has 0 spiro atoms. The number of hydrogen-bond acceptors (Lipinski definition) is 4. The van der Waals surface area contributed by atoms with Gasteiger partial charge in [-0.1, -0.05) is 6.07 Å². The molecule has 5 heteroatoms. The third kappa shape index (κ3) is 5.53. The minimum Gasteiger partial charge on any atom is -0.490 e. The number of benzene rings is 1. The first-order valence-electron chi connectivity index (χ1n) is 6.95. The summed E-state index contributed by atoms with van der Waals surface area (Å²) in [7, 11) is 0. The monoisotopic (exact) mass is 353 g/mol. The number of aliphatic hydroxyl groups excluding tert-OH is 1. The molecule has 1 heterocycles. The van der Waals surface area contributed by atoms with Gasteiger partial charge in [0.15, 0.2) is 0 Å². The van der Waals surface area contributed by atoms with Crippen molar-refractivity contribution in [3.8, 4) is 5.75 Å². The van der Waals surface area contributed by atoms with Gasteiger partial charge in [0.1, 0.15) is 24.2 Å². The normalized spacial score (nSPS) is 12.3. The summed E-state index contributed by atoms with van der Waals surface area (Å²) in [5, 5.41) is 13.1. The van der Waals surface area contributed by atoms with E-state index in [0.29, 0.717) is 6.54 Å². The lowest BCUT2D eigenvalue weighted by atomic mass is 10.2. The van der Waals surface area contributed by atoms with Crippen molar-refractivity contribution in [1.82, 2.24) is 5.32 Å². The fourth-order valence-electron chi connectivity index (χ4n) is 1.90. The molecular formula is C16H20BrNO3. The van der Waals surface area contributed by atoms with Crippen LogP contribution in [0.5, 0.6) is 5.75 Å². The number of hydrogen-bond donors (Lipinski definition) is 2. The molecule has 2 N–H and O–H groups in total. The first kappa shape index (κ1) is 16.1. The summed E-state index contributed by atoms with van der Waals surface area (Å²) in [4.78, 5) is 0. The molecule has 114 valence electrons. The molecule has 2 aromatic rings. The quantitative estimate of drug-likeness (QED) is 0.716. The molecule has 1 atom stereocenters. The molecule has 0 aliphatic rings. The van der Waals surface area contributed by atoms with Gasteiger partial charge in [0.05, 0.1) is 10.7 Å². The molecule has 0 bridgehead atoms. The van der Waals surface area contributed by atoms with Gasteiger partial charge in [-0.3, -0.25) is 0 Å². The van der Waals surface area contributed by atoms with Crippen LogP contribution in [-0.4, -0.2) is 30.9 Å². The van der Waals surface area contributed by atoms with Gasteiger partial charge >= 0.3 is 0 Å². The highest BCUT2D eigenvalue weighted by molar-refractivity contribution is 9.10.